The normalized spacial score (nSPS) is 32.0. The summed E-state index contributed by atoms with van der Waals surface area (Å²) in [5, 5.41) is 3.37. The van der Waals surface area contributed by atoms with E-state index >= 15 is 0 Å². The number of hydrogen-bond acceptors (Lipinski definition) is 3. The topological polar surface area (TPSA) is 18.5 Å². The van der Waals surface area contributed by atoms with E-state index in [0.29, 0.717) is 0 Å². The molecule has 3 nitrogen and oxygen atoms in total. The molecule has 0 amide bonds. The molecule has 3 heteroatoms. The van der Waals surface area contributed by atoms with Crippen LogP contribution in [0.15, 0.2) is 0 Å². The smallest absolute Gasteiger partial charge is 0.0223 e. The Kier molecular flexibility index (Phi) is 5.46. The Labute approximate surface area is 113 Å². The van der Waals surface area contributed by atoms with Gasteiger partial charge in [-0.2, -0.15) is 0 Å². The minimum absolute atomic E-state index is 0.718. The Morgan fingerprint density at radius 2 is 1.83 bits per heavy atom. The molecule has 0 saturated carbocycles. The van der Waals surface area contributed by atoms with Crippen molar-refractivity contribution in [1.82, 2.24) is 15.1 Å². The van der Waals surface area contributed by atoms with Crippen LogP contribution in [0.3, 0.4) is 0 Å². The first-order valence-corrected chi connectivity index (χ1v) is 7.86. The van der Waals surface area contributed by atoms with E-state index in [4.69, 9.17) is 0 Å². The Bertz CT molecular complexity index is 242. The number of likely N-dealkylation sites (N-methyl/N-ethyl adjacent to an activating group) is 1. The van der Waals surface area contributed by atoms with Gasteiger partial charge in [0.25, 0.3) is 0 Å². The molecule has 0 spiro atoms. The first kappa shape index (κ1) is 14.3. The first-order valence-electron chi connectivity index (χ1n) is 7.86. The minimum Gasteiger partial charge on any atom is -0.318 e. The van der Waals surface area contributed by atoms with Crippen molar-refractivity contribution < 1.29 is 0 Å². The van der Waals surface area contributed by atoms with Crippen molar-refractivity contribution in [1.29, 1.82) is 0 Å². The first-order chi connectivity index (χ1) is 8.72. The summed E-state index contributed by atoms with van der Waals surface area (Å²) in [6.07, 6.45) is 6.95. The van der Waals surface area contributed by atoms with E-state index in [1.807, 2.05) is 0 Å². The van der Waals surface area contributed by atoms with Crippen LogP contribution in [0.2, 0.25) is 0 Å². The Morgan fingerprint density at radius 1 is 1.06 bits per heavy atom. The molecular formula is C15H31N3. The van der Waals surface area contributed by atoms with E-state index in [1.54, 1.807) is 0 Å². The summed E-state index contributed by atoms with van der Waals surface area (Å²) in [7, 11) is 2.09. The summed E-state index contributed by atoms with van der Waals surface area (Å²) in [4.78, 5) is 5.46. The second-order valence-electron chi connectivity index (χ2n) is 6.31. The van der Waals surface area contributed by atoms with Gasteiger partial charge in [-0.3, -0.25) is 4.90 Å². The van der Waals surface area contributed by atoms with Crippen molar-refractivity contribution in [2.24, 2.45) is 0 Å². The van der Waals surface area contributed by atoms with E-state index in [0.717, 1.165) is 18.1 Å². The SMILES string of the molecule is CNCC1CCCN1C1CCCN(C(C)C)CC1. The summed E-state index contributed by atoms with van der Waals surface area (Å²) >= 11 is 0. The highest BCUT2D eigenvalue weighted by Crippen LogP contribution is 2.26. The third kappa shape index (κ3) is 3.46. The van der Waals surface area contributed by atoms with E-state index in [9.17, 15) is 0 Å². The summed E-state index contributed by atoms with van der Waals surface area (Å²) in [6.45, 7) is 9.77. The van der Waals surface area contributed by atoms with Crippen LogP contribution in [0.5, 0.6) is 0 Å². The zero-order valence-corrected chi connectivity index (χ0v) is 12.5. The fourth-order valence-electron chi connectivity index (χ4n) is 3.74. The van der Waals surface area contributed by atoms with E-state index in [1.165, 1.54) is 58.3 Å². The van der Waals surface area contributed by atoms with E-state index in [-0.39, 0.29) is 0 Å². The van der Waals surface area contributed by atoms with Gasteiger partial charge in [0.15, 0.2) is 0 Å². The van der Waals surface area contributed by atoms with Crippen molar-refractivity contribution in [2.75, 3.05) is 33.2 Å². The van der Waals surface area contributed by atoms with Gasteiger partial charge in [-0.05, 0) is 72.6 Å². The molecule has 2 fully saturated rings. The monoisotopic (exact) mass is 253 g/mol. The van der Waals surface area contributed by atoms with Gasteiger partial charge in [0.05, 0.1) is 0 Å². The molecule has 0 aromatic rings. The molecule has 2 saturated heterocycles. The van der Waals surface area contributed by atoms with Crippen molar-refractivity contribution in [3.05, 3.63) is 0 Å². The number of nitrogens with one attached hydrogen (secondary N) is 1. The summed E-state index contributed by atoms with van der Waals surface area (Å²) in [5.74, 6) is 0. The molecule has 106 valence electrons. The van der Waals surface area contributed by atoms with E-state index < -0.39 is 0 Å². The lowest BCUT2D eigenvalue weighted by Crippen LogP contribution is -2.44. The predicted octanol–water partition coefficient (Wildman–Crippen LogP) is 1.93. The molecule has 2 aliphatic rings. The minimum atomic E-state index is 0.718. The van der Waals surface area contributed by atoms with E-state index in [2.05, 4.69) is 36.0 Å². The second kappa shape index (κ2) is 6.88. The maximum absolute atomic E-state index is 3.37. The number of rotatable bonds is 4. The highest BCUT2D eigenvalue weighted by atomic mass is 15.2. The molecule has 0 aromatic heterocycles. The molecule has 1 N–H and O–H groups in total. The number of hydrogen-bond donors (Lipinski definition) is 1. The van der Waals surface area contributed by atoms with Crippen molar-refractivity contribution in [2.45, 2.75) is 64.1 Å². The van der Waals surface area contributed by atoms with Crippen LogP contribution in [-0.2, 0) is 0 Å². The van der Waals surface area contributed by atoms with Crippen LogP contribution >= 0.6 is 0 Å². The lowest BCUT2D eigenvalue weighted by molar-refractivity contribution is 0.157. The van der Waals surface area contributed by atoms with Gasteiger partial charge in [-0.25, -0.2) is 0 Å². The average molecular weight is 253 g/mol. The maximum Gasteiger partial charge on any atom is 0.0223 e. The molecule has 18 heavy (non-hydrogen) atoms. The van der Waals surface area contributed by atoms with Crippen molar-refractivity contribution in [3.8, 4) is 0 Å². The molecule has 2 unspecified atom stereocenters. The van der Waals surface area contributed by atoms with Gasteiger partial charge < -0.3 is 10.2 Å². The molecular weight excluding hydrogens is 222 g/mol. The fourth-order valence-corrected chi connectivity index (χ4v) is 3.74. The van der Waals surface area contributed by atoms with Gasteiger partial charge in [0.2, 0.25) is 0 Å². The summed E-state index contributed by atoms with van der Waals surface area (Å²) < 4.78 is 0. The average Bonchev–Trinajstić information content (AvgIpc) is 2.65. The quantitative estimate of drug-likeness (QED) is 0.826. The zero-order valence-electron chi connectivity index (χ0n) is 12.5. The lowest BCUT2D eigenvalue weighted by Gasteiger charge is -2.33. The summed E-state index contributed by atoms with van der Waals surface area (Å²) in [6, 6.07) is 2.36. The Balaban J connectivity index is 1.89. The molecule has 2 heterocycles. The maximum atomic E-state index is 3.37. The molecule has 2 aliphatic heterocycles. The summed E-state index contributed by atoms with van der Waals surface area (Å²) in [5.41, 5.74) is 0. The molecule has 0 aromatic carbocycles. The zero-order chi connectivity index (χ0) is 13.0. The van der Waals surface area contributed by atoms with Crippen molar-refractivity contribution >= 4 is 0 Å². The van der Waals surface area contributed by atoms with Crippen LogP contribution in [0.1, 0.15) is 46.0 Å². The second-order valence-corrected chi connectivity index (χ2v) is 6.31. The molecule has 2 atom stereocenters. The van der Waals surface area contributed by atoms with Gasteiger partial charge in [-0.1, -0.05) is 0 Å². The molecule has 0 aliphatic carbocycles. The van der Waals surface area contributed by atoms with Crippen LogP contribution < -0.4 is 5.32 Å². The van der Waals surface area contributed by atoms with Gasteiger partial charge in [0.1, 0.15) is 0 Å². The fraction of sp³-hybridized carbons (Fsp3) is 1.00. The van der Waals surface area contributed by atoms with Crippen molar-refractivity contribution in [3.63, 3.8) is 0 Å². The van der Waals surface area contributed by atoms with Crippen LogP contribution in [-0.4, -0.2) is 61.2 Å². The molecule has 2 rings (SSSR count). The van der Waals surface area contributed by atoms with Gasteiger partial charge >= 0.3 is 0 Å². The lowest BCUT2D eigenvalue weighted by atomic mass is 10.1. The van der Waals surface area contributed by atoms with Crippen LogP contribution in [0, 0.1) is 0 Å². The predicted molar refractivity (Wildman–Crippen MR) is 78.0 cm³/mol. The van der Waals surface area contributed by atoms with Crippen LogP contribution in [0.25, 0.3) is 0 Å². The van der Waals surface area contributed by atoms with Gasteiger partial charge in [0, 0.05) is 24.7 Å². The number of nitrogens with zero attached hydrogens (tertiary/aromatic N) is 2. The third-order valence-electron chi connectivity index (χ3n) is 4.79. The highest BCUT2D eigenvalue weighted by molar-refractivity contribution is 4.88. The largest absolute Gasteiger partial charge is 0.318 e. The Hall–Kier alpha value is -0.120. The third-order valence-corrected chi connectivity index (χ3v) is 4.79. The van der Waals surface area contributed by atoms with Crippen LogP contribution in [0.4, 0.5) is 0 Å². The standard InChI is InChI=1S/C15H31N3/c1-13(2)17-9-4-6-14(8-11-17)18-10-5-7-15(18)12-16-3/h13-16H,4-12H2,1-3H3. The highest BCUT2D eigenvalue weighted by Gasteiger charge is 2.31. The Morgan fingerprint density at radius 3 is 2.56 bits per heavy atom. The molecule has 0 bridgehead atoms. The number of likely N-dealkylation sites (tertiary alicyclic amines) is 2. The van der Waals surface area contributed by atoms with Gasteiger partial charge in [-0.15, -0.1) is 0 Å². The molecule has 0 radical (unpaired) electrons.